The predicted molar refractivity (Wildman–Crippen MR) is 67.6 cm³/mol. The molecule has 2 aromatic rings. The lowest BCUT2D eigenvalue weighted by atomic mass is 10.4. The zero-order chi connectivity index (χ0) is 14.2. The minimum atomic E-state index is -3.79. The van der Waals surface area contributed by atoms with Gasteiger partial charge in [0, 0.05) is 7.05 Å². The maximum absolute atomic E-state index is 12.2. The van der Waals surface area contributed by atoms with Gasteiger partial charge in [-0.05, 0) is 13.8 Å². The Hall–Kier alpha value is -1.87. The van der Waals surface area contributed by atoms with Crippen molar-refractivity contribution in [3.63, 3.8) is 0 Å². The van der Waals surface area contributed by atoms with Gasteiger partial charge in [0.2, 0.25) is 5.89 Å². The van der Waals surface area contributed by atoms with Gasteiger partial charge >= 0.3 is 0 Å². The fourth-order valence-electron chi connectivity index (χ4n) is 1.68. The fraction of sp³-hybridized carbons (Fsp3) is 0.400. The second-order valence-corrected chi connectivity index (χ2v) is 5.83. The van der Waals surface area contributed by atoms with E-state index in [0.29, 0.717) is 11.7 Å². The summed E-state index contributed by atoms with van der Waals surface area (Å²) in [6.07, 6.45) is 2.86. The minimum Gasteiger partial charge on any atom is -0.444 e. The third-order valence-corrected chi connectivity index (χ3v) is 4.18. The molecule has 0 aromatic carbocycles. The number of aromatic nitrogens is 3. The Morgan fingerprint density at radius 2 is 2.16 bits per heavy atom. The summed E-state index contributed by atoms with van der Waals surface area (Å²) in [6, 6.07) is -0.604. The van der Waals surface area contributed by atoms with Crippen LogP contribution < -0.4 is 10.5 Å². The molecule has 19 heavy (non-hydrogen) atoms. The SMILES string of the molecule is Cc1cnc(C(C)NS(=O)(=O)c2c(N)ncn2C)o1. The molecule has 0 bridgehead atoms. The Kier molecular flexibility index (Phi) is 3.33. The summed E-state index contributed by atoms with van der Waals surface area (Å²) in [5, 5.41) is -0.0809. The van der Waals surface area contributed by atoms with Crippen molar-refractivity contribution in [1.29, 1.82) is 0 Å². The number of nitrogens with two attached hydrogens (primary N) is 1. The van der Waals surface area contributed by atoms with E-state index in [2.05, 4.69) is 14.7 Å². The molecule has 9 heteroatoms. The number of anilines is 1. The summed E-state index contributed by atoms with van der Waals surface area (Å²) >= 11 is 0. The van der Waals surface area contributed by atoms with Gasteiger partial charge in [0.05, 0.1) is 18.6 Å². The molecule has 0 aliphatic carbocycles. The average molecular weight is 285 g/mol. The molecule has 8 nitrogen and oxygen atoms in total. The molecule has 0 saturated carbocycles. The molecule has 2 heterocycles. The number of hydrogen-bond donors (Lipinski definition) is 2. The standard InChI is InChI=1S/C10H15N5O3S/c1-6-4-12-9(18-6)7(2)14-19(16,17)10-8(11)13-5-15(10)3/h4-5,7,14H,11H2,1-3H3. The van der Waals surface area contributed by atoms with Gasteiger partial charge in [0.1, 0.15) is 5.76 Å². The predicted octanol–water partition coefficient (Wildman–Crippen LogP) is 0.338. The van der Waals surface area contributed by atoms with Crippen LogP contribution in [0.2, 0.25) is 0 Å². The smallest absolute Gasteiger partial charge is 0.260 e. The summed E-state index contributed by atoms with van der Waals surface area (Å²) in [7, 11) is -2.24. The highest BCUT2D eigenvalue weighted by Gasteiger charge is 2.26. The van der Waals surface area contributed by atoms with Crippen LogP contribution in [0.1, 0.15) is 24.6 Å². The van der Waals surface area contributed by atoms with Crippen molar-refractivity contribution in [2.75, 3.05) is 5.73 Å². The Morgan fingerprint density at radius 3 is 2.63 bits per heavy atom. The molecular formula is C10H15N5O3S. The molecule has 0 aliphatic heterocycles. The van der Waals surface area contributed by atoms with E-state index < -0.39 is 16.1 Å². The number of nitrogens with zero attached hydrogens (tertiary/aromatic N) is 3. The molecule has 1 atom stereocenters. The average Bonchev–Trinajstić information content (AvgIpc) is 2.85. The van der Waals surface area contributed by atoms with Crippen LogP contribution in [0.25, 0.3) is 0 Å². The van der Waals surface area contributed by atoms with E-state index in [1.807, 2.05) is 0 Å². The number of aryl methyl sites for hydroxylation is 2. The maximum Gasteiger partial charge on any atom is 0.260 e. The van der Waals surface area contributed by atoms with Crippen molar-refractivity contribution in [3.8, 4) is 0 Å². The first-order valence-electron chi connectivity index (χ1n) is 5.52. The van der Waals surface area contributed by atoms with Crippen LogP contribution in [-0.4, -0.2) is 23.0 Å². The van der Waals surface area contributed by atoms with E-state index in [1.165, 1.54) is 17.1 Å². The van der Waals surface area contributed by atoms with Crippen LogP contribution in [-0.2, 0) is 17.1 Å². The van der Waals surface area contributed by atoms with Gasteiger partial charge in [-0.1, -0.05) is 0 Å². The highest BCUT2D eigenvalue weighted by atomic mass is 32.2. The molecule has 1 unspecified atom stereocenters. The van der Waals surface area contributed by atoms with Crippen LogP contribution >= 0.6 is 0 Å². The highest BCUT2D eigenvalue weighted by molar-refractivity contribution is 7.89. The van der Waals surface area contributed by atoms with Gasteiger partial charge < -0.3 is 14.7 Å². The van der Waals surface area contributed by atoms with Gasteiger partial charge in [-0.3, -0.25) is 0 Å². The molecule has 3 N–H and O–H groups in total. The topological polar surface area (TPSA) is 116 Å². The molecule has 104 valence electrons. The molecule has 0 amide bonds. The molecule has 0 aliphatic rings. The lowest BCUT2D eigenvalue weighted by Gasteiger charge is -2.11. The highest BCUT2D eigenvalue weighted by Crippen LogP contribution is 2.19. The lowest BCUT2D eigenvalue weighted by Crippen LogP contribution is -2.29. The van der Waals surface area contributed by atoms with Crippen LogP contribution in [0.3, 0.4) is 0 Å². The molecule has 2 rings (SSSR count). The molecule has 0 radical (unpaired) electrons. The van der Waals surface area contributed by atoms with Gasteiger partial charge in [0.15, 0.2) is 10.8 Å². The first-order chi connectivity index (χ1) is 8.81. The Bertz CT molecular complexity index is 668. The number of sulfonamides is 1. The summed E-state index contributed by atoms with van der Waals surface area (Å²) in [5.74, 6) is 0.855. The van der Waals surface area contributed by atoms with Crippen molar-refractivity contribution in [1.82, 2.24) is 19.3 Å². The van der Waals surface area contributed by atoms with Crippen LogP contribution in [0, 0.1) is 6.92 Å². The summed E-state index contributed by atoms with van der Waals surface area (Å²) in [4.78, 5) is 7.73. The van der Waals surface area contributed by atoms with Crippen LogP contribution in [0.15, 0.2) is 22.0 Å². The Balaban J connectivity index is 2.27. The first-order valence-corrected chi connectivity index (χ1v) is 7.01. The van der Waals surface area contributed by atoms with Gasteiger partial charge in [-0.15, -0.1) is 0 Å². The van der Waals surface area contributed by atoms with E-state index in [9.17, 15) is 8.42 Å². The number of hydrogen-bond acceptors (Lipinski definition) is 6. The summed E-state index contributed by atoms with van der Waals surface area (Å²) in [6.45, 7) is 3.37. The van der Waals surface area contributed by atoms with Crippen LogP contribution in [0.5, 0.6) is 0 Å². The van der Waals surface area contributed by atoms with Crippen molar-refractivity contribution in [2.24, 2.45) is 7.05 Å². The molecule has 0 saturated heterocycles. The summed E-state index contributed by atoms with van der Waals surface area (Å²) < 4.78 is 33.5. The molecule has 0 fully saturated rings. The quantitative estimate of drug-likeness (QED) is 0.836. The zero-order valence-corrected chi connectivity index (χ0v) is 11.6. The normalized spacial score (nSPS) is 13.6. The van der Waals surface area contributed by atoms with E-state index in [-0.39, 0.29) is 10.8 Å². The second kappa shape index (κ2) is 4.67. The Labute approximate surface area is 110 Å². The number of oxazole rings is 1. The van der Waals surface area contributed by atoms with Crippen LogP contribution in [0.4, 0.5) is 5.82 Å². The van der Waals surface area contributed by atoms with E-state index in [4.69, 9.17) is 10.2 Å². The van der Waals surface area contributed by atoms with E-state index >= 15 is 0 Å². The summed E-state index contributed by atoms with van der Waals surface area (Å²) in [5.41, 5.74) is 5.56. The fourth-order valence-corrected chi connectivity index (χ4v) is 3.11. The molecule has 0 spiro atoms. The van der Waals surface area contributed by atoms with Gasteiger partial charge in [-0.25, -0.2) is 18.4 Å². The number of nitrogens with one attached hydrogen (secondary N) is 1. The van der Waals surface area contributed by atoms with Crippen molar-refractivity contribution in [2.45, 2.75) is 24.9 Å². The number of rotatable bonds is 4. The second-order valence-electron chi connectivity index (χ2n) is 4.20. The first kappa shape index (κ1) is 13.6. The number of nitrogen functional groups attached to an aromatic ring is 1. The lowest BCUT2D eigenvalue weighted by molar-refractivity contribution is 0.427. The Morgan fingerprint density at radius 1 is 1.47 bits per heavy atom. The monoisotopic (exact) mass is 285 g/mol. The minimum absolute atomic E-state index is 0.0502. The van der Waals surface area contributed by atoms with E-state index in [0.717, 1.165) is 0 Å². The third-order valence-electron chi connectivity index (χ3n) is 2.51. The van der Waals surface area contributed by atoms with Crippen molar-refractivity contribution in [3.05, 3.63) is 24.2 Å². The zero-order valence-electron chi connectivity index (χ0n) is 10.8. The number of imidazole rings is 1. The molecule has 2 aromatic heterocycles. The van der Waals surface area contributed by atoms with Gasteiger partial charge in [0.25, 0.3) is 10.0 Å². The largest absolute Gasteiger partial charge is 0.444 e. The van der Waals surface area contributed by atoms with E-state index in [1.54, 1.807) is 20.9 Å². The van der Waals surface area contributed by atoms with Crippen molar-refractivity contribution < 1.29 is 12.8 Å². The van der Waals surface area contributed by atoms with Gasteiger partial charge in [-0.2, -0.15) is 4.72 Å². The molecular weight excluding hydrogens is 270 g/mol. The van der Waals surface area contributed by atoms with Crippen molar-refractivity contribution >= 4 is 15.8 Å². The third kappa shape index (κ3) is 2.61. The maximum atomic E-state index is 12.2.